The molecule has 0 aliphatic rings. The van der Waals surface area contributed by atoms with Crippen molar-refractivity contribution < 1.29 is 9.84 Å². The number of nitriles is 1. The molecule has 3 nitrogen and oxygen atoms in total. The van der Waals surface area contributed by atoms with Crippen molar-refractivity contribution in [3.05, 3.63) is 0 Å². The monoisotopic (exact) mass is 353 g/mol. The van der Waals surface area contributed by atoms with Crippen LogP contribution < -0.4 is 0 Å². The summed E-state index contributed by atoms with van der Waals surface area (Å²) in [5, 5.41) is 17.8. The number of rotatable bonds is 20. The standard InChI is InChI=1S/C22H43NO2/c1-2-3-4-5-6-7-8-9-10-11-12-13-14-15-16-17-20-25-21-22(24)18-19-23/h22,24H,2-18,20-21H2,1H3/t22-/m1/s1. The summed E-state index contributed by atoms with van der Waals surface area (Å²) in [4.78, 5) is 0. The predicted octanol–water partition coefficient (Wildman–Crippen LogP) is 6.54. The van der Waals surface area contributed by atoms with Crippen LogP contribution in [-0.4, -0.2) is 24.4 Å². The molecule has 148 valence electrons. The fourth-order valence-corrected chi connectivity index (χ4v) is 3.14. The molecule has 0 fully saturated rings. The molecule has 1 atom stereocenters. The second kappa shape index (κ2) is 21.5. The van der Waals surface area contributed by atoms with Crippen LogP contribution in [0.25, 0.3) is 0 Å². The maximum Gasteiger partial charge on any atom is 0.0903 e. The first-order valence-electron chi connectivity index (χ1n) is 10.9. The maximum absolute atomic E-state index is 9.34. The highest BCUT2D eigenvalue weighted by Crippen LogP contribution is 2.13. The molecule has 0 bridgehead atoms. The summed E-state index contributed by atoms with van der Waals surface area (Å²) in [6.45, 7) is 3.29. The minimum Gasteiger partial charge on any atom is -0.390 e. The van der Waals surface area contributed by atoms with Crippen molar-refractivity contribution in [1.29, 1.82) is 5.26 Å². The summed E-state index contributed by atoms with van der Waals surface area (Å²) in [7, 11) is 0. The van der Waals surface area contributed by atoms with Crippen molar-refractivity contribution in [1.82, 2.24) is 0 Å². The zero-order chi connectivity index (χ0) is 18.4. The lowest BCUT2D eigenvalue weighted by Gasteiger charge is -2.07. The molecular formula is C22H43NO2. The van der Waals surface area contributed by atoms with E-state index in [4.69, 9.17) is 10.00 Å². The number of aliphatic hydroxyl groups excluding tert-OH is 1. The lowest BCUT2D eigenvalue weighted by molar-refractivity contribution is 0.0376. The third-order valence-electron chi connectivity index (χ3n) is 4.78. The average molecular weight is 354 g/mol. The Morgan fingerprint density at radius 3 is 1.52 bits per heavy atom. The van der Waals surface area contributed by atoms with Crippen LogP contribution in [-0.2, 0) is 4.74 Å². The fraction of sp³-hybridized carbons (Fsp3) is 0.955. The smallest absolute Gasteiger partial charge is 0.0903 e. The van der Waals surface area contributed by atoms with Gasteiger partial charge in [-0.15, -0.1) is 0 Å². The van der Waals surface area contributed by atoms with Gasteiger partial charge < -0.3 is 9.84 Å². The van der Waals surface area contributed by atoms with E-state index in [-0.39, 0.29) is 6.42 Å². The first-order chi connectivity index (χ1) is 12.3. The van der Waals surface area contributed by atoms with E-state index < -0.39 is 6.10 Å². The van der Waals surface area contributed by atoms with Gasteiger partial charge in [0.15, 0.2) is 0 Å². The van der Waals surface area contributed by atoms with Gasteiger partial charge in [0.25, 0.3) is 0 Å². The normalized spacial score (nSPS) is 12.2. The molecule has 0 spiro atoms. The third kappa shape index (κ3) is 21.4. The number of hydrogen-bond donors (Lipinski definition) is 1. The third-order valence-corrected chi connectivity index (χ3v) is 4.78. The highest BCUT2D eigenvalue weighted by molar-refractivity contribution is 4.74. The van der Waals surface area contributed by atoms with Gasteiger partial charge in [-0.25, -0.2) is 0 Å². The predicted molar refractivity (Wildman–Crippen MR) is 107 cm³/mol. The molecule has 1 N–H and O–H groups in total. The van der Waals surface area contributed by atoms with Crippen LogP contribution in [0.4, 0.5) is 0 Å². The molecule has 0 heterocycles. The van der Waals surface area contributed by atoms with Crippen LogP contribution in [0.2, 0.25) is 0 Å². The number of ether oxygens (including phenoxy) is 1. The molecule has 3 heteroatoms. The van der Waals surface area contributed by atoms with Gasteiger partial charge in [-0.2, -0.15) is 5.26 Å². The van der Waals surface area contributed by atoms with Crippen molar-refractivity contribution >= 4 is 0 Å². The SMILES string of the molecule is CCCCCCCCCCCCCCCCCCOC[C@H](O)CC#N. The summed E-state index contributed by atoms with van der Waals surface area (Å²) in [5.41, 5.74) is 0. The Hall–Kier alpha value is -0.590. The Morgan fingerprint density at radius 1 is 0.720 bits per heavy atom. The van der Waals surface area contributed by atoms with Gasteiger partial charge in [0, 0.05) is 6.61 Å². The minimum absolute atomic E-state index is 0.166. The van der Waals surface area contributed by atoms with Crippen molar-refractivity contribution in [3.8, 4) is 6.07 Å². The van der Waals surface area contributed by atoms with E-state index in [9.17, 15) is 5.11 Å². The first kappa shape index (κ1) is 24.4. The summed E-state index contributed by atoms with van der Waals surface area (Å²) in [6, 6.07) is 1.95. The highest BCUT2D eigenvalue weighted by atomic mass is 16.5. The Balaban J connectivity index is 3.02. The molecule has 0 aromatic heterocycles. The van der Waals surface area contributed by atoms with Crippen molar-refractivity contribution in [3.63, 3.8) is 0 Å². The molecule has 0 saturated heterocycles. The van der Waals surface area contributed by atoms with Gasteiger partial charge in [0.05, 0.1) is 25.2 Å². The quantitative estimate of drug-likeness (QED) is 0.253. The van der Waals surface area contributed by atoms with Gasteiger partial charge in [-0.3, -0.25) is 0 Å². The van der Waals surface area contributed by atoms with Crippen molar-refractivity contribution in [2.45, 2.75) is 122 Å². The van der Waals surface area contributed by atoms with Gasteiger partial charge in [-0.1, -0.05) is 103 Å². The molecular weight excluding hydrogens is 310 g/mol. The van der Waals surface area contributed by atoms with E-state index in [0.717, 1.165) is 6.42 Å². The minimum atomic E-state index is -0.619. The van der Waals surface area contributed by atoms with Crippen LogP contribution in [0.15, 0.2) is 0 Å². The van der Waals surface area contributed by atoms with E-state index in [1.165, 1.54) is 96.3 Å². The fourth-order valence-electron chi connectivity index (χ4n) is 3.14. The molecule has 0 amide bonds. The lowest BCUT2D eigenvalue weighted by atomic mass is 10.0. The molecule has 0 unspecified atom stereocenters. The largest absolute Gasteiger partial charge is 0.390 e. The molecule has 0 radical (unpaired) electrons. The molecule has 0 aliphatic carbocycles. The number of hydrogen-bond acceptors (Lipinski definition) is 3. The molecule has 0 aromatic rings. The molecule has 0 aromatic carbocycles. The summed E-state index contributed by atoms with van der Waals surface area (Å²) >= 11 is 0. The van der Waals surface area contributed by atoms with E-state index in [1.54, 1.807) is 0 Å². The van der Waals surface area contributed by atoms with Crippen molar-refractivity contribution in [2.75, 3.05) is 13.2 Å². The zero-order valence-corrected chi connectivity index (χ0v) is 16.8. The van der Waals surface area contributed by atoms with Gasteiger partial charge in [-0.05, 0) is 6.42 Å². The maximum atomic E-state index is 9.34. The van der Waals surface area contributed by atoms with Crippen molar-refractivity contribution in [2.24, 2.45) is 0 Å². The summed E-state index contributed by atoms with van der Waals surface area (Å²) in [5.74, 6) is 0. The second-order valence-corrected chi connectivity index (χ2v) is 7.39. The number of aliphatic hydroxyl groups is 1. The second-order valence-electron chi connectivity index (χ2n) is 7.39. The molecule has 25 heavy (non-hydrogen) atoms. The van der Waals surface area contributed by atoms with Crippen LogP contribution in [0.5, 0.6) is 0 Å². The molecule has 0 rings (SSSR count). The van der Waals surface area contributed by atoms with Gasteiger partial charge in [0.1, 0.15) is 0 Å². The highest BCUT2D eigenvalue weighted by Gasteiger charge is 2.02. The lowest BCUT2D eigenvalue weighted by Crippen LogP contribution is -2.14. The van der Waals surface area contributed by atoms with E-state index in [0.29, 0.717) is 13.2 Å². The van der Waals surface area contributed by atoms with Crippen LogP contribution in [0.3, 0.4) is 0 Å². The van der Waals surface area contributed by atoms with Crippen LogP contribution in [0, 0.1) is 11.3 Å². The Morgan fingerprint density at radius 2 is 1.12 bits per heavy atom. The first-order valence-corrected chi connectivity index (χ1v) is 10.9. The average Bonchev–Trinajstić information content (AvgIpc) is 2.61. The van der Waals surface area contributed by atoms with E-state index in [2.05, 4.69) is 6.92 Å². The molecule has 0 saturated carbocycles. The summed E-state index contributed by atoms with van der Waals surface area (Å²) < 4.78 is 5.37. The Labute approximate surface area is 157 Å². The molecule has 0 aliphatic heterocycles. The Kier molecular flexibility index (Phi) is 20.9. The summed E-state index contributed by atoms with van der Waals surface area (Å²) in [6.07, 6.45) is 21.5. The Bertz CT molecular complexity index is 288. The van der Waals surface area contributed by atoms with Crippen LogP contribution in [0.1, 0.15) is 116 Å². The van der Waals surface area contributed by atoms with E-state index in [1.807, 2.05) is 6.07 Å². The zero-order valence-electron chi connectivity index (χ0n) is 16.8. The van der Waals surface area contributed by atoms with Crippen LogP contribution >= 0.6 is 0 Å². The topological polar surface area (TPSA) is 53.2 Å². The van der Waals surface area contributed by atoms with Gasteiger partial charge >= 0.3 is 0 Å². The van der Waals surface area contributed by atoms with Gasteiger partial charge in [0.2, 0.25) is 0 Å². The number of unbranched alkanes of at least 4 members (excludes halogenated alkanes) is 15. The van der Waals surface area contributed by atoms with E-state index >= 15 is 0 Å². The number of nitrogens with zero attached hydrogens (tertiary/aromatic N) is 1.